The number of ketones is 1. The summed E-state index contributed by atoms with van der Waals surface area (Å²) in [6, 6.07) is 19.3. The van der Waals surface area contributed by atoms with E-state index in [-0.39, 0.29) is 5.57 Å². The molecular weight excluding hydrogens is 576 g/mol. The molecule has 44 heavy (non-hydrogen) atoms. The zero-order valence-corrected chi connectivity index (χ0v) is 26.1. The molecule has 0 bridgehead atoms. The molecule has 228 valence electrons. The number of anilines is 1. The molecule has 1 aliphatic rings. The minimum Gasteiger partial charge on any atom is -0.503 e. The Morgan fingerprint density at radius 2 is 1.77 bits per heavy atom. The number of nitrogens with zero attached hydrogens (tertiary/aromatic N) is 2. The molecule has 3 aromatic carbocycles. The standard InChI is InChI=1S/C35H36N2O6S/c1-5-41-25-14-15-26-30(21-25)44-35(36-26)37-32(24-13-17-28(29(20-24)42-6-2)43-19-18-22(3)4)31(33(39)34(37)40)27(38)16-12-23-10-8-7-9-11-23/h7-17,20-22,32,39H,5-6,18-19H2,1-4H3/b16-12+. The highest BCUT2D eigenvalue weighted by molar-refractivity contribution is 7.22. The molecule has 0 spiro atoms. The number of carbonyl (C=O) groups is 2. The van der Waals surface area contributed by atoms with Crippen LogP contribution in [0.4, 0.5) is 5.13 Å². The number of carbonyl (C=O) groups excluding carboxylic acids is 2. The second-order valence-corrected chi connectivity index (χ2v) is 11.7. The summed E-state index contributed by atoms with van der Waals surface area (Å²) in [5, 5.41) is 11.6. The van der Waals surface area contributed by atoms with Crippen LogP contribution in [0.25, 0.3) is 16.3 Å². The van der Waals surface area contributed by atoms with Crippen molar-refractivity contribution < 1.29 is 28.9 Å². The van der Waals surface area contributed by atoms with Gasteiger partial charge >= 0.3 is 0 Å². The SMILES string of the molecule is CCOc1ccc2nc(N3C(=O)C(O)=C(C(=O)/C=C/c4ccccc4)C3c3ccc(OCCC(C)C)c(OCC)c3)sc2c1. The van der Waals surface area contributed by atoms with Crippen LogP contribution in [0.5, 0.6) is 17.2 Å². The van der Waals surface area contributed by atoms with Crippen LogP contribution in [0.3, 0.4) is 0 Å². The normalized spacial score (nSPS) is 15.2. The molecule has 0 aliphatic carbocycles. The second kappa shape index (κ2) is 13.8. The molecule has 1 aliphatic heterocycles. The third-order valence-electron chi connectivity index (χ3n) is 7.10. The van der Waals surface area contributed by atoms with Gasteiger partial charge in [-0.1, -0.05) is 67.7 Å². The Balaban J connectivity index is 1.59. The number of amides is 1. The summed E-state index contributed by atoms with van der Waals surface area (Å²) in [6.45, 7) is 9.48. The molecular formula is C35H36N2O6S. The number of aliphatic hydroxyl groups excluding tert-OH is 1. The Morgan fingerprint density at radius 1 is 1.00 bits per heavy atom. The van der Waals surface area contributed by atoms with Gasteiger partial charge in [0.2, 0.25) is 0 Å². The van der Waals surface area contributed by atoms with Crippen molar-refractivity contribution in [1.29, 1.82) is 0 Å². The average Bonchev–Trinajstić information content (AvgIpc) is 3.54. The van der Waals surface area contributed by atoms with Crippen molar-refractivity contribution in [2.24, 2.45) is 5.92 Å². The van der Waals surface area contributed by atoms with Crippen molar-refractivity contribution in [2.75, 3.05) is 24.7 Å². The van der Waals surface area contributed by atoms with E-state index < -0.39 is 23.5 Å². The number of aliphatic hydroxyl groups is 1. The molecule has 0 radical (unpaired) electrons. The molecule has 0 saturated heterocycles. The summed E-state index contributed by atoms with van der Waals surface area (Å²) in [5.41, 5.74) is 2.03. The van der Waals surface area contributed by atoms with Gasteiger partial charge in [0, 0.05) is 0 Å². The van der Waals surface area contributed by atoms with Crippen LogP contribution in [-0.2, 0) is 9.59 Å². The summed E-state index contributed by atoms with van der Waals surface area (Å²) in [6.07, 6.45) is 3.92. The lowest BCUT2D eigenvalue weighted by atomic mass is 9.95. The number of ether oxygens (including phenoxy) is 3. The summed E-state index contributed by atoms with van der Waals surface area (Å²) >= 11 is 1.29. The van der Waals surface area contributed by atoms with Crippen molar-refractivity contribution >= 4 is 44.5 Å². The maximum atomic E-state index is 13.7. The van der Waals surface area contributed by atoms with E-state index in [2.05, 4.69) is 13.8 Å². The Bertz CT molecular complexity index is 1710. The summed E-state index contributed by atoms with van der Waals surface area (Å²) in [5.74, 6) is 0.435. The third kappa shape index (κ3) is 6.63. The fourth-order valence-electron chi connectivity index (χ4n) is 4.93. The number of allylic oxidation sites excluding steroid dienone is 1. The van der Waals surface area contributed by atoms with Gasteiger partial charge in [-0.15, -0.1) is 0 Å². The highest BCUT2D eigenvalue weighted by atomic mass is 32.1. The predicted molar refractivity (Wildman–Crippen MR) is 174 cm³/mol. The maximum Gasteiger partial charge on any atom is 0.296 e. The highest BCUT2D eigenvalue weighted by Crippen LogP contribution is 2.45. The van der Waals surface area contributed by atoms with Crippen LogP contribution in [0.1, 0.15) is 51.3 Å². The topological polar surface area (TPSA) is 98.2 Å². The Kier molecular flexibility index (Phi) is 9.65. The van der Waals surface area contributed by atoms with Crippen molar-refractivity contribution in [2.45, 2.75) is 40.2 Å². The number of rotatable bonds is 13. The lowest BCUT2D eigenvalue weighted by molar-refractivity contribution is -0.117. The summed E-state index contributed by atoms with van der Waals surface area (Å²) < 4.78 is 18.4. The van der Waals surface area contributed by atoms with Crippen molar-refractivity contribution in [3.63, 3.8) is 0 Å². The van der Waals surface area contributed by atoms with Gasteiger partial charge in [0.05, 0.1) is 41.7 Å². The van der Waals surface area contributed by atoms with E-state index in [0.717, 1.165) is 16.7 Å². The Hall–Kier alpha value is -4.63. The van der Waals surface area contributed by atoms with Gasteiger partial charge < -0.3 is 19.3 Å². The molecule has 2 heterocycles. The number of aromatic nitrogens is 1. The van der Waals surface area contributed by atoms with Gasteiger partial charge in [0.15, 0.2) is 28.2 Å². The van der Waals surface area contributed by atoms with E-state index in [1.807, 2.05) is 62.4 Å². The molecule has 1 atom stereocenters. The van der Waals surface area contributed by atoms with Crippen LogP contribution in [0.15, 0.2) is 84.1 Å². The molecule has 1 aromatic heterocycles. The zero-order chi connectivity index (χ0) is 31.2. The lowest BCUT2D eigenvalue weighted by Gasteiger charge is -2.25. The van der Waals surface area contributed by atoms with Crippen LogP contribution < -0.4 is 19.1 Å². The summed E-state index contributed by atoms with van der Waals surface area (Å²) in [4.78, 5) is 33.6. The molecule has 1 N–H and O–H groups in total. The van der Waals surface area contributed by atoms with Crippen LogP contribution in [0.2, 0.25) is 0 Å². The largest absolute Gasteiger partial charge is 0.503 e. The number of benzene rings is 3. The molecule has 8 nitrogen and oxygen atoms in total. The number of thiazole rings is 1. The Morgan fingerprint density at radius 3 is 2.50 bits per heavy atom. The number of fused-ring (bicyclic) bond motifs is 1. The highest BCUT2D eigenvalue weighted by Gasteiger charge is 2.45. The molecule has 5 rings (SSSR count). The third-order valence-corrected chi connectivity index (χ3v) is 8.12. The van der Waals surface area contributed by atoms with Gasteiger partial charge in [0.1, 0.15) is 5.75 Å². The van der Waals surface area contributed by atoms with E-state index >= 15 is 0 Å². The molecule has 9 heteroatoms. The van der Waals surface area contributed by atoms with Gasteiger partial charge in [0.25, 0.3) is 5.91 Å². The lowest BCUT2D eigenvalue weighted by Crippen LogP contribution is -2.30. The molecule has 0 fully saturated rings. The Labute approximate surface area is 261 Å². The van der Waals surface area contributed by atoms with E-state index in [0.29, 0.717) is 59.2 Å². The fraction of sp³-hybridized carbons (Fsp3) is 0.286. The van der Waals surface area contributed by atoms with E-state index in [9.17, 15) is 14.7 Å². The first-order valence-corrected chi connectivity index (χ1v) is 15.6. The first-order valence-electron chi connectivity index (χ1n) is 14.8. The average molecular weight is 613 g/mol. The predicted octanol–water partition coefficient (Wildman–Crippen LogP) is 7.70. The number of hydrogen-bond donors (Lipinski definition) is 1. The van der Waals surface area contributed by atoms with Crippen LogP contribution in [-0.4, -0.2) is 41.6 Å². The monoisotopic (exact) mass is 612 g/mol. The second-order valence-electron chi connectivity index (χ2n) is 10.7. The van der Waals surface area contributed by atoms with Gasteiger partial charge in [-0.2, -0.15) is 0 Å². The molecule has 1 unspecified atom stereocenters. The van der Waals surface area contributed by atoms with Crippen molar-refractivity contribution in [3.05, 3.63) is 95.3 Å². The first-order chi connectivity index (χ1) is 21.3. The van der Waals surface area contributed by atoms with Crippen molar-refractivity contribution in [1.82, 2.24) is 4.98 Å². The molecule has 1 amide bonds. The quantitative estimate of drug-likeness (QED) is 0.155. The molecule has 4 aromatic rings. The van der Waals surface area contributed by atoms with E-state index in [1.165, 1.54) is 22.3 Å². The van der Waals surface area contributed by atoms with E-state index in [4.69, 9.17) is 19.2 Å². The van der Waals surface area contributed by atoms with Crippen LogP contribution in [0, 0.1) is 5.92 Å². The first kappa shape index (κ1) is 30.8. The van der Waals surface area contributed by atoms with Crippen molar-refractivity contribution in [3.8, 4) is 17.2 Å². The minimum atomic E-state index is -0.953. The zero-order valence-electron chi connectivity index (χ0n) is 25.3. The van der Waals surface area contributed by atoms with Gasteiger partial charge in [-0.05, 0) is 73.7 Å². The van der Waals surface area contributed by atoms with E-state index in [1.54, 1.807) is 24.3 Å². The molecule has 0 saturated carbocycles. The fourth-order valence-corrected chi connectivity index (χ4v) is 5.96. The van der Waals surface area contributed by atoms with Crippen LogP contribution >= 0.6 is 11.3 Å². The summed E-state index contributed by atoms with van der Waals surface area (Å²) in [7, 11) is 0. The smallest absolute Gasteiger partial charge is 0.296 e. The van der Waals surface area contributed by atoms with Gasteiger partial charge in [-0.3, -0.25) is 14.5 Å². The number of hydrogen-bond acceptors (Lipinski definition) is 8. The minimum absolute atomic E-state index is 0.0348. The maximum absolute atomic E-state index is 13.7. The van der Waals surface area contributed by atoms with Gasteiger partial charge in [-0.25, -0.2) is 4.98 Å².